The number of benzene rings is 1. The largest absolute Gasteiger partial charge is 0.392 e. The minimum absolute atomic E-state index is 0.0320. The molecule has 24 heavy (non-hydrogen) atoms. The van der Waals surface area contributed by atoms with Crippen molar-refractivity contribution in [3.8, 4) is 0 Å². The molecule has 3 rings (SSSR count). The fourth-order valence-corrected chi connectivity index (χ4v) is 5.50. The van der Waals surface area contributed by atoms with Crippen molar-refractivity contribution in [3.05, 3.63) is 36.7 Å². The number of aromatic nitrogens is 1. The van der Waals surface area contributed by atoms with Crippen LogP contribution in [0.5, 0.6) is 0 Å². The van der Waals surface area contributed by atoms with Crippen LogP contribution in [-0.4, -0.2) is 41.5 Å². The summed E-state index contributed by atoms with van der Waals surface area (Å²) in [6.07, 6.45) is 7.54. The van der Waals surface area contributed by atoms with E-state index in [0.717, 1.165) is 37.5 Å². The molecule has 1 saturated carbocycles. The van der Waals surface area contributed by atoms with Gasteiger partial charge in [-0.1, -0.05) is 31.4 Å². The van der Waals surface area contributed by atoms with Crippen molar-refractivity contribution in [1.29, 1.82) is 0 Å². The summed E-state index contributed by atoms with van der Waals surface area (Å²) in [5, 5.41) is 11.3. The van der Waals surface area contributed by atoms with Crippen molar-refractivity contribution in [1.82, 2.24) is 9.29 Å². The molecular formula is C18H24N2O3S. The zero-order valence-electron chi connectivity index (χ0n) is 13.9. The highest BCUT2D eigenvalue weighted by molar-refractivity contribution is 7.89. The quantitative estimate of drug-likeness (QED) is 0.902. The van der Waals surface area contributed by atoms with Gasteiger partial charge in [0.15, 0.2) is 0 Å². The van der Waals surface area contributed by atoms with Gasteiger partial charge in [-0.05, 0) is 31.9 Å². The van der Waals surface area contributed by atoms with Gasteiger partial charge < -0.3 is 5.11 Å². The second-order valence-corrected chi connectivity index (χ2v) is 8.43. The van der Waals surface area contributed by atoms with E-state index in [-0.39, 0.29) is 12.6 Å². The van der Waals surface area contributed by atoms with Crippen LogP contribution in [0.1, 0.15) is 39.0 Å². The highest BCUT2D eigenvalue weighted by Gasteiger charge is 2.33. The number of hydrogen-bond acceptors (Lipinski definition) is 4. The molecule has 1 atom stereocenters. The fraction of sp³-hybridized carbons (Fsp3) is 0.500. The van der Waals surface area contributed by atoms with E-state index >= 15 is 0 Å². The maximum atomic E-state index is 13.4. The van der Waals surface area contributed by atoms with Crippen molar-refractivity contribution in [2.45, 2.75) is 56.1 Å². The topological polar surface area (TPSA) is 70.5 Å². The van der Waals surface area contributed by atoms with E-state index in [0.29, 0.717) is 10.3 Å². The Morgan fingerprint density at radius 3 is 2.71 bits per heavy atom. The molecule has 130 valence electrons. The molecule has 1 heterocycles. The summed E-state index contributed by atoms with van der Waals surface area (Å²) in [5.74, 6) is 0. The number of pyridine rings is 1. The lowest BCUT2D eigenvalue weighted by Crippen LogP contribution is -2.44. The third-order valence-corrected chi connectivity index (χ3v) is 6.63. The number of sulfonamides is 1. The lowest BCUT2D eigenvalue weighted by Gasteiger charge is -2.34. The molecule has 0 saturated heterocycles. The van der Waals surface area contributed by atoms with Crippen molar-refractivity contribution in [3.63, 3.8) is 0 Å². The lowest BCUT2D eigenvalue weighted by molar-refractivity contribution is 0.136. The highest BCUT2D eigenvalue weighted by atomic mass is 32.2. The molecule has 6 heteroatoms. The van der Waals surface area contributed by atoms with Crippen molar-refractivity contribution in [2.24, 2.45) is 0 Å². The Kier molecular flexibility index (Phi) is 5.18. The first-order valence-corrected chi connectivity index (χ1v) is 9.97. The second kappa shape index (κ2) is 7.17. The first-order chi connectivity index (χ1) is 11.5. The summed E-state index contributed by atoms with van der Waals surface area (Å²) < 4.78 is 28.3. The summed E-state index contributed by atoms with van der Waals surface area (Å²) in [6, 6.07) is 6.97. The minimum Gasteiger partial charge on any atom is -0.392 e. The third kappa shape index (κ3) is 3.45. The molecule has 1 aromatic heterocycles. The Labute approximate surface area is 143 Å². The molecule has 0 amide bonds. The summed E-state index contributed by atoms with van der Waals surface area (Å²) >= 11 is 0. The van der Waals surface area contributed by atoms with E-state index in [4.69, 9.17) is 0 Å². The van der Waals surface area contributed by atoms with Gasteiger partial charge >= 0.3 is 0 Å². The second-order valence-electron chi connectivity index (χ2n) is 6.57. The average molecular weight is 348 g/mol. The van der Waals surface area contributed by atoms with Gasteiger partial charge in [-0.25, -0.2) is 8.42 Å². The van der Waals surface area contributed by atoms with E-state index in [1.54, 1.807) is 37.5 Å². The van der Waals surface area contributed by atoms with Crippen LogP contribution in [0.2, 0.25) is 0 Å². The maximum absolute atomic E-state index is 13.4. The van der Waals surface area contributed by atoms with Crippen molar-refractivity contribution >= 4 is 20.8 Å². The predicted octanol–water partition coefficient (Wildman–Crippen LogP) is 2.94. The SMILES string of the molecule is C[C@H](O)CN(C1CCCCC1)S(=O)(=O)c1cccc2cnccc12. The molecule has 2 aromatic rings. The summed E-state index contributed by atoms with van der Waals surface area (Å²) in [7, 11) is -3.68. The normalized spacial score (nSPS) is 18.1. The average Bonchev–Trinajstić information content (AvgIpc) is 2.59. The van der Waals surface area contributed by atoms with Gasteiger partial charge in [-0.15, -0.1) is 0 Å². The monoisotopic (exact) mass is 348 g/mol. The molecule has 1 aromatic carbocycles. The van der Waals surface area contributed by atoms with E-state index in [9.17, 15) is 13.5 Å². The van der Waals surface area contributed by atoms with Crippen LogP contribution in [-0.2, 0) is 10.0 Å². The van der Waals surface area contributed by atoms with Crippen LogP contribution in [0.4, 0.5) is 0 Å². The summed E-state index contributed by atoms with van der Waals surface area (Å²) in [6.45, 7) is 1.77. The van der Waals surface area contributed by atoms with Crippen LogP contribution < -0.4 is 0 Å². The molecule has 0 spiro atoms. The van der Waals surface area contributed by atoms with Crippen molar-refractivity contribution in [2.75, 3.05) is 6.54 Å². The third-order valence-electron chi connectivity index (χ3n) is 4.65. The van der Waals surface area contributed by atoms with Gasteiger partial charge in [0.2, 0.25) is 10.0 Å². The van der Waals surface area contributed by atoms with E-state index in [1.165, 1.54) is 4.31 Å². The molecule has 1 aliphatic rings. The molecule has 0 bridgehead atoms. The fourth-order valence-electron chi connectivity index (χ4n) is 3.52. The number of aliphatic hydroxyl groups excluding tert-OH is 1. The highest BCUT2D eigenvalue weighted by Crippen LogP contribution is 2.31. The molecule has 1 N–H and O–H groups in total. The van der Waals surface area contributed by atoms with Gasteiger partial charge in [0.05, 0.1) is 11.0 Å². The molecule has 5 nitrogen and oxygen atoms in total. The Morgan fingerprint density at radius 1 is 1.25 bits per heavy atom. The van der Waals surface area contributed by atoms with Crippen LogP contribution in [0, 0.1) is 0 Å². The van der Waals surface area contributed by atoms with Gasteiger partial charge in [-0.3, -0.25) is 4.98 Å². The van der Waals surface area contributed by atoms with Crippen LogP contribution in [0.15, 0.2) is 41.6 Å². The molecular weight excluding hydrogens is 324 g/mol. The maximum Gasteiger partial charge on any atom is 0.244 e. The van der Waals surface area contributed by atoms with E-state index < -0.39 is 16.1 Å². The van der Waals surface area contributed by atoms with Gasteiger partial charge in [0.25, 0.3) is 0 Å². The van der Waals surface area contributed by atoms with Crippen LogP contribution >= 0.6 is 0 Å². The van der Waals surface area contributed by atoms with Gasteiger partial charge in [-0.2, -0.15) is 4.31 Å². The standard InChI is InChI=1S/C18H24N2O3S/c1-14(21)13-20(16-7-3-2-4-8-16)24(22,23)18-9-5-6-15-12-19-11-10-17(15)18/h5-6,9-12,14,16,21H,2-4,7-8,13H2,1H3/t14-/m0/s1. The lowest BCUT2D eigenvalue weighted by atomic mass is 9.95. The van der Waals surface area contributed by atoms with Gasteiger partial charge in [0.1, 0.15) is 0 Å². The Balaban J connectivity index is 2.07. The number of aliphatic hydroxyl groups is 1. The first kappa shape index (κ1) is 17.3. The predicted molar refractivity (Wildman–Crippen MR) is 94.2 cm³/mol. The van der Waals surface area contributed by atoms with Crippen molar-refractivity contribution < 1.29 is 13.5 Å². The number of hydrogen-bond donors (Lipinski definition) is 1. The van der Waals surface area contributed by atoms with Crippen LogP contribution in [0.25, 0.3) is 10.8 Å². The Hall–Kier alpha value is -1.50. The molecule has 1 fully saturated rings. The molecule has 1 aliphatic carbocycles. The Bertz CT molecular complexity index is 794. The zero-order chi connectivity index (χ0) is 17.2. The first-order valence-electron chi connectivity index (χ1n) is 8.53. The molecule has 0 radical (unpaired) electrons. The summed E-state index contributed by atoms with van der Waals surface area (Å²) in [5.41, 5.74) is 0. The summed E-state index contributed by atoms with van der Waals surface area (Å²) in [4.78, 5) is 4.37. The zero-order valence-corrected chi connectivity index (χ0v) is 14.7. The van der Waals surface area contributed by atoms with Gasteiger partial charge in [0, 0.05) is 35.8 Å². The minimum atomic E-state index is -3.68. The number of fused-ring (bicyclic) bond motifs is 1. The van der Waals surface area contributed by atoms with Crippen LogP contribution in [0.3, 0.4) is 0 Å². The van der Waals surface area contributed by atoms with E-state index in [2.05, 4.69) is 4.98 Å². The smallest absolute Gasteiger partial charge is 0.244 e. The molecule has 0 aliphatic heterocycles. The number of nitrogens with zero attached hydrogens (tertiary/aromatic N) is 2. The van der Waals surface area contributed by atoms with E-state index in [1.807, 2.05) is 6.07 Å². The Morgan fingerprint density at radius 2 is 2.00 bits per heavy atom. The number of rotatable bonds is 5. The molecule has 0 unspecified atom stereocenters.